The van der Waals surface area contributed by atoms with Gasteiger partial charge in [-0.05, 0) is 56.6 Å². The van der Waals surface area contributed by atoms with Crippen LogP contribution in [0.3, 0.4) is 0 Å². The number of halogens is 1. The van der Waals surface area contributed by atoms with Gasteiger partial charge in [-0.25, -0.2) is 13.4 Å². The average Bonchev–Trinajstić information content (AvgIpc) is 3.26. The molecule has 1 amide bonds. The van der Waals surface area contributed by atoms with Crippen molar-refractivity contribution in [3.05, 3.63) is 52.5 Å². The molecule has 0 aliphatic carbocycles. The Balaban J connectivity index is 1.89. The molecule has 0 aliphatic heterocycles. The van der Waals surface area contributed by atoms with Gasteiger partial charge < -0.3 is 14.4 Å². The maximum atomic E-state index is 13.6. The first-order chi connectivity index (χ1) is 17.2. The fraction of sp³-hybridized carbons (Fsp3) is 0.417. The number of nitrogens with zero attached hydrogens (tertiary/aromatic N) is 4. The first-order valence-corrected chi connectivity index (χ1v) is 14.3. The molecule has 0 atom stereocenters. The minimum Gasteiger partial charge on any atom is -0.383 e. The molecule has 12 heteroatoms. The monoisotopic (exact) mass is 598 g/mol. The summed E-state index contributed by atoms with van der Waals surface area (Å²) in [6, 6.07) is 11.8. The minimum absolute atomic E-state index is 0.107. The van der Waals surface area contributed by atoms with Crippen LogP contribution in [0.15, 0.2) is 51.8 Å². The smallest absolute Gasteiger partial charge is 0.260 e. The van der Waals surface area contributed by atoms with Gasteiger partial charge in [-0.15, -0.1) is 0 Å². The lowest BCUT2D eigenvalue weighted by Crippen LogP contribution is -2.37. The summed E-state index contributed by atoms with van der Waals surface area (Å²) < 4.78 is 39.7. The highest BCUT2D eigenvalue weighted by Gasteiger charge is 2.26. The van der Waals surface area contributed by atoms with Gasteiger partial charge in [0.1, 0.15) is 0 Å². The lowest BCUT2D eigenvalue weighted by molar-refractivity contribution is 0.0985. The zero-order chi connectivity index (χ0) is 26.3. The predicted molar refractivity (Wildman–Crippen MR) is 147 cm³/mol. The lowest BCUT2D eigenvalue weighted by Gasteiger charge is -2.23. The molecular weight excluding hydrogens is 568 g/mol. The number of likely N-dealkylation sites (N-methyl/N-ethyl adjacent to an activating group) is 1. The summed E-state index contributed by atoms with van der Waals surface area (Å²) in [4.78, 5) is 22.0. The molecule has 0 aliphatic rings. The number of sulfonamides is 1. The van der Waals surface area contributed by atoms with Crippen molar-refractivity contribution in [2.24, 2.45) is 0 Å². The van der Waals surface area contributed by atoms with Crippen LogP contribution in [-0.2, 0) is 19.5 Å². The maximum Gasteiger partial charge on any atom is 0.260 e. The number of fused-ring (bicyclic) bond motifs is 1. The zero-order valence-electron chi connectivity index (χ0n) is 20.8. The second kappa shape index (κ2) is 13.0. The number of amides is 1. The predicted octanol–water partition coefficient (Wildman–Crippen LogP) is 3.55. The molecule has 1 aromatic heterocycles. The molecule has 2 aromatic carbocycles. The molecule has 1 heterocycles. The van der Waals surface area contributed by atoms with E-state index < -0.39 is 10.0 Å². The number of benzene rings is 2. The number of anilines is 1. The Morgan fingerprint density at radius 1 is 0.972 bits per heavy atom. The Morgan fingerprint density at radius 2 is 1.61 bits per heavy atom. The summed E-state index contributed by atoms with van der Waals surface area (Å²) in [5.74, 6) is -0.241. The number of methoxy groups -OCH3 is 2. The van der Waals surface area contributed by atoms with Gasteiger partial charge >= 0.3 is 0 Å². The van der Waals surface area contributed by atoms with Crippen LogP contribution in [0, 0.1) is 0 Å². The van der Waals surface area contributed by atoms with Gasteiger partial charge in [0.05, 0.1) is 28.3 Å². The van der Waals surface area contributed by atoms with E-state index in [1.54, 1.807) is 17.0 Å². The van der Waals surface area contributed by atoms with E-state index in [0.717, 1.165) is 14.7 Å². The van der Waals surface area contributed by atoms with E-state index in [0.29, 0.717) is 23.8 Å². The molecule has 3 aromatic rings. The summed E-state index contributed by atoms with van der Waals surface area (Å²) in [6.45, 7) is 2.02. The minimum atomic E-state index is -3.78. The SMILES string of the molecule is COCCN(CCOC)S(=O)(=O)c1ccc(C(=O)N(CCN(C)C)c2nc3ccc(Br)cc3s2)cc1. The van der Waals surface area contributed by atoms with Crippen LogP contribution in [0.2, 0.25) is 0 Å². The van der Waals surface area contributed by atoms with Gasteiger partial charge in [0.2, 0.25) is 10.0 Å². The Bertz CT molecular complexity index is 1260. The highest BCUT2D eigenvalue weighted by Crippen LogP contribution is 2.31. The molecule has 9 nitrogen and oxygen atoms in total. The highest BCUT2D eigenvalue weighted by atomic mass is 79.9. The van der Waals surface area contributed by atoms with E-state index in [4.69, 9.17) is 9.47 Å². The van der Waals surface area contributed by atoms with Crippen molar-refractivity contribution in [1.29, 1.82) is 0 Å². The molecule has 3 rings (SSSR count). The largest absolute Gasteiger partial charge is 0.383 e. The van der Waals surface area contributed by atoms with E-state index in [9.17, 15) is 13.2 Å². The average molecular weight is 600 g/mol. The zero-order valence-corrected chi connectivity index (χ0v) is 24.0. The molecule has 0 radical (unpaired) electrons. The fourth-order valence-electron chi connectivity index (χ4n) is 3.40. The van der Waals surface area contributed by atoms with Crippen LogP contribution < -0.4 is 4.90 Å². The topological polar surface area (TPSA) is 92.3 Å². The van der Waals surface area contributed by atoms with Crippen molar-refractivity contribution in [3.8, 4) is 0 Å². The molecule has 0 saturated carbocycles. The molecule has 36 heavy (non-hydrogen) atoms. The van der Waals surface area contributed by atoms with Gasteiger partial charge in [0, 0.05) is 50.4 Å². The number of hydrogen-bond acceptors (Lipinski definition) is 8. The van der Waals surface area contributed by atoms with Crippen LogP contribution in [0.5, 0.6) is 0 Å². The second-order valence-electron chi connectivity index (χ2n) is 8.28. The number of carbonyl (C=O) groups is 1. The Hall–Kier alpha value is -1.93. The molecule has 0 saturated heterocycles. The van der Waals surface area contributed by atoms with Crippen molar-refractivity contribution in [1.82, 2.24) is 14.2 Å². The Kier molecular flexibility index (Phi) is 10.4. The van der Waals surface area contributed by atoms with Crippen molar-refractivity contribution in [2.45, 2.75) is 4.90 Å². The van der Waals surface area contributed by atoms with Gasteiger partial charge in [0.15, 0.2) is 5.13 Å². The van der Waals surface area contributed by atoms with Gasteiger partial charge in [-0.1, -0.05) is 27.3 Å². The third kappa shape index (κ3) is 7.09. The Morgan fingerprint density at radius 3 is 2.19 bits per heavy atom. The van der Waals surface area contributed by atoms with Crippen LogP contribution in [0.4, 0.5) is 5.13 Å². The van der Waals surface area contributed by atoms with Crippen molar-refractivity contribution in [2.75, 3.05) is 72.6 Å². The maximum absolute atomic E-state index is 13.6. The normalized spacial score (nSPS) is 12.1. The van der Waals surface area contributed by atoms with Crippen molar-refractivity contribution in [3.63, 3.8) is 0 Å². The van der Waals surface area contributed by atoms with E-state index in [2.05, 4.69) is 20.9 Å². The molecule has 0 bridgehead atoms. The van der Waals surface area contributed by atoms with Crippen molar-refractivity contribution >= 4 is 58.5 Å². The van der Waals surface area contributed by atoms with E-state index >= 15 is 0 Å². The standard InChI is InChI=1S/C24H31BrN4O5S2/c1-27(2)11-12-29(24-26-21-10-7-19(25)17-22(21)35-24)23(30)18-5-8-20(9-6-18)36(31,32)28(13-15-33-3)14-16-34-4/h5-10,17H,11-16H2,1-4H3. The first-order valence-electron chi connectivity index (χ1n) is 11.3. The molecular formula is C24H31BrN4O5S2. The van der Waals surface area contributed by atoms with E-state index in [1.165, 1.54) is 42.0 Å². The lowest BCUT2D eigenvalue weighted by atomic mass is 10.2. The molecule has 0 spiro atoms. The molecule has 0 unspecified atom stereocenters. The number of rotatable bonds is 13. The number of aromatic nitrogens is 1. The number of carbonyl (C=O) groups excluding carboxylic acids is 1. The van der Waals surface area contributed by atoms with Crippen LogP contribution >= 0.6 is 27.3 Å². The van der Waals surface area contributed by atoms with E-state index in [1.807, 2.05) is 37.2 Å². The summed E-state index contributed by atoms with van der Waals surface area (Å²) in [6.07, 6.45) is 0. The summed E-state index contributed by atoms with van der Waals surface area (Å²) >= 11 is 4.92. The van der Waals surface area contributed by atoms with Crippen LogP contribution in [0.1, 0.15) is 10.4 Å². The quantitative estimate of drug-likeness (QED) is 0.297. The van der Waals surface area contributed by atoms with Gasteiger partial charge in [-0.2, -0.15) is 4.31 Å². The van der Waals surface area contributed by atoms with Crippen molar-refractivity contribution < 1.29 is 22.7 Å². The number of ether oxygens (including phenoxy) is 2. The third-order valence-corrected chi connectivity index (χ3v) is 8.86. The second-order valence-corrected chi connectivity index (χ2v) is 12.1. The third-order valence-electron chi connectivity index (χ3n) is 5.41. The van der Waals surface area contributed by atoms with Crippen LogP contribution in [-0.4, -0.2) is 96.2 Å². The molecule has 0 N–H and O–H groups in total. The summed E-state index contributed by atoms with van der Waals surface area (Å²) in [5.41, 5.74) is 1.20. The fourth-order valence-corrected chi connectivity index (χ4v) is 6.35. The summed E-state index contributed by atoms with van der Waals surface area (Å²) in [5, 5.41) is 0.594. The Labute approximate surface area is 224 Å². The molecule has 196 valence electrons. The molecule has 0 fully saturated rings. The van der Waals surface area contributed by atoms with E-state index in [-0.39, 0.29) is 37.1 Å². The number of hydrogen-bond donors (Lipinski definition) is 0. The first kappa shape index (κ1) is 28.6. The van der Waals surface area contributed by atoms with Gasteiger partial charge in [0.25, 0.3) is 5.91 Å². The highest BCUT2D eigenvalue weighted by molar-refractivity contribution is 9.10. The number of thiazole rings is 1. The van der Waals surface area contributed by atoms with Crippen LogP contribution in [0.25, 0.3) is 10.2 Å². The van der Waals surface area contributed by atoms with Gasteiger partial charge in [-0.3, -0.25) is 9.69 Å². The summed E-state index contributed by atoms with van der Waals surface area (Å²) in [7, 11) is 3.15.